The average molecular weight is 228 g/mol. The van der Waals surface area contributed by atoms with Gasteiger partial charge in [-0.05, 0) is 6.92 Å². The Balaban J connectivity index is 3.36. The zero-order valence-corrected chi connectivity index (χ0v) is 8.24. The summed E-state index contributed by atoms with van der Waals surface area (Å²) in [6.45, 7) is 1.74. The first-order valence-corrected chi connectivity index (χ1v) is 4.19. The summed E-state index contributed by atoms with van der Waals surface area (Å²) in [5.41, 5.74) is 4.07. The van der Waals surface area contributed by atoms with E-state index in [0.29, 0.717) is 0 Å². The van der Waals surface area contributed by atoms with Crippen LogP contribution >= 0.6 is 0 Å². The molecule has 86 valence electrons. The van der Waals surface area contributed by atoms with Gasteiger partial charge in [0.05, 0.1) is 16.5 Å². The number of nitrogens with two attached hydrogens (primary N) is 1. The molecule has 9 nitrogen and oxygen atoms in total. The molecule has 0 aliphatic carbocycles. The van der Waals surface area contributed by atoms with Crippen LogP contribution in [0.3, 0.4) is 0 Å². The molecule has 0 bridgehead atoms. The van der Waals surface area contributed by atoms with Crippen LogP contribution in [0.4, 0.5) is 17.2 Å². The van der Waals surface area contributed by atoms with Gasteiger partial charge in [-0.25, -0.2) is 0 Å². The highest BCUT2D eigenvalue weighted by molar-refractivity contribution is 5.61. The van der Waals surface area contributed by atoms with E-state index in [1.807, 2.05) is 0 Å². The van der Waals surface area contributed by atoms with Gasteiger partial charge in [-0.2, -0.15) is 4.98 Å². The number of nitrogen functional groups attached to an aromatic ring is 1. The van der Waals surface area contributed by atoms with Crippen molar-refractivity contribution in [1.29, 1.82) is 0 Å². The first-order chi connectivity index (χ1) is 7.47. The zero-order chi connectivity index (χ0) is 12.3. The number of anilines is 1. The average Bonchev–Trinajstić information content (AvgIpc) is 2.17. The van der Waals surface area contributed by atoms with E-state index in [0.717, 1.165) is 6.07 Å². The van der Waals surface area contributed by atoms with Crippen LogP contribution in [0.25, 0.3) is 0 Å². The van der Waals surface area contributed by atoms with Crippen LogP contribution in [0.5, 0.6) is 5.88 Å². The number of rotatable bonds is 4. The van der Waals surface area contributed by atoms with Gasteiger partial charge in [-0.3, -0.25) is 20.2 Å². The summed E-state index contributed by atoms with van der Waals surface area (Å²) in [5, 5.41) is 21.1. The second kappa shape index (κ2) is 4.38. The van der Waals surface area contributed by atoms with E-state index in [-0.39, 0.29) is 12.5 Å². The molecule has 2 N–H and O–H groups in total. The fourth-order valence-electron chi connectivity index (χ4n) is 1.01. The Morgan fingerprint density at radius 2 is 1.94 bits per heavy atom. The normalized spacial score (nSPS) is 9.81. The topological polar surface area (TPSA) is 134 Å². The minimum absolute atomic E-state index is 0.144. The maximum absolute atomic E-state index is 10.6. The third kappa shape index (κ3) is 2.13. The van der Waals surface area contributed by atoms with Crippen LogP contribution in [0.1, 0.15) is 6.92 Å². The molecule has 16 heavy (non-hydrogen) atoms. The molecule has 0 amide bonds. The Morgan fingerprint density at radius 3 is 2.38 bits per heavy atom. The maximum Gasteiger partial charge on any atom is 0.338 e. The van der Waals surface area contributed by atoms with Crippen LogP contribution in [-0.4, -0.2) is 21.4 Å². The maximum atomic E-state index is 10.6. The summed E-state index contributed by atoms with van der Waals surface area (Å²) in [7, 11) is 0. The van der Waals surface area contributed by atoms with E-state index in [9.17, 15) is 20.2 Å². The van der Waals surface area contributed by atoms with Crippen LogP contribution in [0.2, 0.25) is 0 Å². The predicted molar refractivity (Wildman–Crippen MR) is 53.1 cm³/mol. The molecule has 0 aliphatic rings. The van der Waals surface area contributed by atoms with Gasteiger partial charge in [0.1, 0.15) is 6.07 Å². The number of aromatic nitrogens is 1. The molecule has 0 radical (unpaired) electrons. The number of nitro groups is 2. The van der Waals surface area contributed by atoms with Crippen molar-refractivity contribution in [2.45, 2.75) is 6.92 Å². The Morgan fingerprint density at radius 1 is 1.38 bits per heavy atom. The first kappa shape index (κ1) is 11.6. The molecule has 1 rings (SSSR count). The van der Waals surface area contributed by atoms with Crippen molar-refractivity contribution < 1.29 is 14.6 Å². The number of nitrogens with zero attached hydrogens (tertiary/aromatic N) is 3. The SMILES string of the molecule is CCOc1nc(N)c([N+](=O)[O-])cc1[N+](=O)[O-]. The Kier molecular flexibility index (Phi) is 3.18. The fraction of sp³-hybridized carbons (Fsp3) is 0.286. The molecule has 1 aromatic rings. The third-order valence-corrected chi connectivity index (χ3v) is 1.65. The second-order valence-corrected chi connectivity index (χ2v) is 2.66. The molecular weight excluding hydrogens is 220 g/mol. The van der Waals surface area contributed by atoms with E-state index in [1.165, 1.54) is 0 Å². The highest BCUT2D eigenvalue weighted by Crippen LogP contribution is 2.32. The molecule has 0 aliphatic heterocycles. The van der Waals surface area contributed by atoms with Gasteiger partial charge in [0.2, 0.25) is 5.82 Å². The molecule has 1 heterocycles. The summed E-state index contributed by atoms with van der Waals surface area (Å²) in [5.74, 6) is -0.741. The van der Waals surface area contributed by atoms with Gasteiger partial charge in [-0.1, -0.05) is 0 Å². The molecule has 0 saturated heterocycles. The van der Waals surface area contributed by atoms with Gasteiger partial charge in [0, 0.05) is 0 Å². The summed E-state index contributed by atoms with van der Waals surface area (Å²) >= 11 is 0. The molecular formula is C7H8N4O5. The summed E-state index contributed by atoms with van der Waals surface area (Å²) in [4.78, 5) is 22.9. The lowest BCUT2D eigenvalue weighted by molar-refractivity contribution is -0.394. The lowest BCUT2D eigenvalue weighted by Gasteiger charge is -2.03. The molecule has 0 saturated carbocycles. The Hall–Kier alpha value is -2.45. The van der Waals surface area contributed by atoms with Gasteiger partial charge >= 0.3 is 11.4 Å². The predicted octanol–water partition coefficient (Wildman–Crippen LogP) is 0.879. The number of ether oxygens (including phenoxy) is 1. The monoisotopic (exact) mass is 228 g/mol. The standard InChI is InChI=1S/C7H8N4O5/c1-2-16-7-5(11(14)15)3-4(10(12)13)6(8)9-7/h3H,2H2,1H3,(H2,8,9). The summed E-state index contributed by atoms with van der Waals surface area (Å²) < 4.78 is 4.86. The van der Waals surface area contributed by atoms with Gasteiger partial charge < -0.3 is 10.5 Å². The zero-order valence-electron chi connectivity index (χ0n) is 8.24. The quantitative estimate of drug-likeness (QED) is 0.596. The Labute approximate surface area is 89.1 Å². The molecule has 0 fully saturated rings. The van der Waals surface area contributed by atoms with Crippen molar-refractivity contribution in [1.82, 2.24) is 4.98 Å². The van der Waals surface area contributed by atoms with Crippen LogP contribution in [0, 0.1) is 20.2 Å². The summed E-state index contributed by atoms with van der Waals surface area (Å²) in [6, 6.07) is 0.729. The molecule has 0 spiro atoms. The smallest absolute Gasteiger partial charge is 0.338 e. The van der Waals surface area contributed by atoms with Crippen molar-refractivity contribution in [3.05, 3.63) is 26.3 Å². The fourth-order valence-corrected chi connectivity index (χ4v) is 1.01. The summed E-state index contributed by atoms with van der Waals surface area (Å²) in [6.07, 6.45) is 0. The van der Waals surface area contributed by atoms with Crippen molar-refractivity contribution in [3.8, 4) is 5.88 Å². The largest absolute Gasteiger partial charge is 0.473 e. The van der Waals surface area contributed by atoms with Gasteiger partial charge in [-0.15, -0.1) is 0 Å². The third-order valence-electron chi connectivity index (χ3n) is 1.65. The lowest BCUT2D eigenvalue weighted by atomic mass is 10.3. The number of hydrogen-bond acceptors (Lipinski definition) is 7. The van der Waals surface area contributed by atoms with Crippen molar-refractivity contribution in [2.75, 3.05) is 12.3 Å². The highest BCUT2D eigenvalue weighted by Gasteiger charge is 2.25. The van der Waals surface area contributed by atoms with Crippen LogP contribution in [0.15, 0.2) is 6.07 Å². The van der Waals surface area contributed by atoms with Gasteiger partial charge in [0.25, 0.3) is 5.88 Å². The van der Waals surface area contributed by atoms with Crippen LogP contribution in [-0.2, 0) is 0 Å². The first-order valence-electron chi connectivity index (χ1n) is 4.19. The molecule has 9 heteroatoms. The van der Waals surface area contributed by atoms with E-state index in [1.54, 1.807) is 6.92 Å². The van der Waals surface area contributed by atoms with Crippen molar-refractivity contribution in [2.24, 2.45) is 0 Å². The van der Waals surface area contributed by atoms with E-state index >= 15 is 0 Å². The molecule has 1 aromatic heterocycles. The number of hydrogen-bond donors (Lipinski definition) is 1. The van der Waals surface area contributed by atoms with Gasteiger partial charge in [0.15, 0.2) is 0 Å². The minimum Gasteiger partial charge on any atom is -0.473 e. The van der Waals surface area contributed by atoms with E-state index < -0.39 is 27.0 Å². The molecule has 0 unspecified atom stereocenters. The lowest BCUT2D eigenvalue weighted by Crippen LogP contribution is -2.05. The second-order valence-electron chi connectivity index (χ2n) is 2.66. The van der Waals surface area contributed by atoms with Crippen LogP contribution < -0.4 is 10.5 Å². The minimum atomic E-state index is -0.842. The Bertz CT molecular complexity index is 447. The highest BCUT2D eigenvalue weighted by atomic mass is 16.6. The number of pyridine rings is 1. The molecule has 0 aromatic carbocycles. The van der Waals surface area contributed by atoms with E-state index in [2.05, 4.69) is 4.98 Å². The van der Waals surface area contributed by atoms with Crippen molar-refractivity contribution >= 4 is 17.2 Å². The van der Waals surface area contributed by atoms with E-state index in [4.69, 9.17) is 10.5 Å². The molecule has 0 atom stereocenters. The van der Waals surface area contributed by atoms with Crippen molar-refractivity contribution in [3.63, 3.8) is 0 Å².